The third kappa shape index (κ3) is 2.19. The minimum absolute atomic E-state index is 0.0688. The fraction of sp³-hybridized carbons (Fsp3) is 0.500. The van der Waals surface area contributed by atoms with Crippen molar-refractivity contribution in [3.05, 3.63) is 35.9 Å². The molecule has 1 saturated heterocycles. The lowest BCUT2D eigenvalue weighted by Gasteiger charge is -2.34. The number of carboxylic acid groups (broad SMARTS) is 1. The zero-order valence-electron chi connectivity index (χ0n) is 11.3. The summed E-state index contributed by atoms with van der Waals surface area (Å²) in [7, 11) is 0. The van der Waals surface area contributed by atoms with E-state index in [9.17, 15) is 14.7 Å². The Morgan fingerprint density at radius 3 is 2.50 bits per heavy atom. The van der Waals surface area contributed by atoms with Crippen LogP contribution in [0.25, 0.3) is 0 Å². The molecule has 1 heterocycles. The van der Waals surface area contributed by atoms with E-state index < -0.39 is 12.0 Å². The van der Waals surface area contributed by atoms with Crippen LogP contribution in [0.15, 0.2) is 30.3 Å². The average molecular weight is 272 g/mol. The second-order valence-electron chi connectivity index (χ2n) is 5.76. The highest BCUT2D eigenvalue weighted by Gasteiger charge is 2.45. The number of carbonyl (C=O) groups is 2. The first-order valence-electron chi connectivity index (χ1n) is 7.27. The lowest BCUT2D eigenvalue weighted by atomic mass is 9.84. The van der Waals surface area contributed by atoms with E-state index in [2.05, 4.69) is 0 Å². The summed E-state index contributed by atoms with van der Waals surface area (Å²) in [5, 5.41) is 11.4. The van der Waals surface area contributed by atoms with Crippen molar-refractivity contribution in [3.8, 4) is 0 Å². The first-order chi connectivity index (χ1) is 9.68. The normalized spacial score (nSPS) is 29.0. The number of rotatable bonds is 2. The van der Waals surface area contributed by atoms with Crippen molar-refractivity contribution < 1.29 is 14.7 Å². The molecule has 1 amide bonds. The fourth-order valence-electron chi connectivity index (χ4n) is 3.69. The minimum Gasteiger partial charge on any atom is -0.548 e. The maximum absolute atomic E-state index is 12.7. The van der Waals surface area contributed by atoms with Crippen LogP contribution in [0.2, 0.25) is 0 Å². The monoisotopic (exact) mass is 272 g/mol. The lowest BCUT2D eigenvalue weighted by Crippen LogP contribution is -2.50. The highest BCUT2D eigenvalue weighted by molar-refractivity contribution is 5.97. The van der Waals surface area contributed by atoms with Crippen LogP contribution in [0, 0.1) is 5.92 Å². The molecule has 0 bridgehead atoms. The van der Waals surface area contributed by atoms with Crippen molar-refractivity contribution in [1.82, 2.24) is 4.90 Å². The number of carbonyl (C=O) groups excluding carboxylic acids is 2. The number of likely N-dealkylation sites (tertiary alicyclic amines) is 1. The topological polar surface area (TPSA) is 60.4 Å². The molecule has 1 aromatic carbocycles. The van der Waals surface area contributed by atoms with Gasteiger partial charge in [-0.15, -0.1) is 0 Å². The quantitative estimate of drug-likeness (QED) is 0.813. The Balaban J connectivity index is 1.91. The Bertz CT molecular complexity index is 514. The molecule has 1 aromatic rings. The van der Waals surface area contributed by atoms with Gasteiger partial charge in [-0.2, -0.15) is 0 Å². The lowest BCUT2D eigenvalue weighted by molar-refractivity contribution is -0.310. The molecule has 2 fully saturated rings. The van der Waals surface area contributed by atoms with Crippen LogP contribution in [0.3, 0.4) is 0 Å². The molecule has 4 nitrogen and oxygen atoms in total. The Kier molecular flexibility index (Phi) is 3.47. The molecular formula is C16H18NO3-. The van der Waals surface area contributed by atoms with E-state index in [0.29, 0.717) is 17.9 Å². The van der Waals surface area contributed by atoms with Crippen molar-refractivity contribution in [2.75, 3.05) is 0 Å². The van der Waals surface area contributed by atoms with Gasteiger partial charge in [0.05, 0.1) is 12.0 Å². The van der Waals surface area contributed by atoms with Crippen LogP contribution in [0.5, 0.6) is 0 Å². The van der Waals surface area contributed by atoms with E-state index in [-0.39, 0.29) is 11.9 Å². The number of aliphatic carboxylic acids is 1. The number of fused-ring (bicyclic) bond motifs is 1. The molecule has 2 aliphatic rings. The van der Waals surface area contributed by atoms with Crippen molar-refractivity contribution in [1.29, 1.82) is 0 Å². The van der Waals surface area contributed by atoms with Crippen molar-refractivity contribution in [3.63, 3.8) is 0 Å². The molecule has 3 atom stereocenters. The molecule has 0 unspecified atom stereocenters. The maximum atomic E-state index is 12.7. The van der Waals surface area contributed by atoms with Crippen LogP contribution < -0.4 is 5.11 Å². The predicted molar refractivity (Wildman–Crippen MR) is 71.8 cm³/mol. The average Bonchev–Trinajstić information content (AvgIpc) is 2.87. The van der Waals surface area contributed by atoms with Crippen molar-refractivity contribution >= 4 is 11.9 Å². The van der Waals surface area contributed by atoms with Gasteiger partial charge >= 0.3 is 0 Å². The molecule has 1 saturated carbocycles. The summed E-state index contributed by atoms with van der Waals surface area (Å²) in [5.74, 6) is -0.975. The van der Waals surface area contributed by atoms with Crippen LogP contribution in [-0.2, 0) is 4.79 Å². The molecule has 4 heteroatoms. The SMILES string of the molecule is O=C([O-])[C@H]1C[C@H]2CCCC[C@H]2N1C(=O)c1ccccc1. The van der Waals surface area contributed by atoms with E-state index in [1.807, 2.05) is 6.07 Å². The second kappa shape index (κ2) is 5.27. The molecule has 0 N–H and O–H groups in total. The van der Waals surface area contributed by atoms with Gasteiger partial charge in [-0.3, -0.25) is 4.79 Å². The van der Waals surface area contributed by atoms with Crippen LogP contribution >= 0.6 is 0 Å². The predicted octanol–water partition coefficient (Wildman–Crippen LogP) is 1.21. The summed E-state index contributed by atoms with van der Waals surface area (Å²) >= 11 is 0. The number of hydrogen-bond donors (Lipinski definition) is 0. The summed E-state index contributed by atoms with van der Waals surface area (Å²) in [5.41, 5.74) is 0.560. The number of nitrogens with zero attached hydrogens (tertiary/aromatic N) is 1. The number of amides is 1. The summed E-state index contributed by atoms with van der Waals surface area (Å²) in [6.45, 7) is 0. The van der Waals surface area contributed by atoms with Gasteiger partial charge in [0.15, 0.2) is 0 Å². The van der Waals surface area contributed by atoms with E-state index in [1.54, 1.807) is 29.2 Å². The Hall–Kier alpha value is -1.84. The highest BCUT2D eigenvalue weighted by Crippen LogP contribution is 2.40. The Labute approximate surface area is 118 Å². The number of benzene rings is 1. The smallest absolute Gasteiger partial charge is 0.254 e. The summed E-state index contributed by atoms with van der Waals surface area (Å²) < 4.78 is 0. The second-order valence-corrected chi connectivity index (χ2v) is 5.76. The van der Waals surface area contributed by atoms with Gasteiger partial charge in [0.1, 0.15) is 0 Å². The Morgan fingerprint density at radius 1 is 1.10 bits per heavy atom. The van der Waals surface area contributed by atoms with Gasteiger partial charge in [-0.25, -0.2) is 0 Å². The summed E-state index contributed by atoms with van der Waals surface area (Å²) in [6, 6.07) is 8.23. The van der Waals surface area contributed by atoms with Gasteiger partial charge in [0, 0.05) is 11.6 Å². The molecule has 106 valence electrons. The molecule has 1 aliphatic carbocycles. The zero-order valence-corrected chi connectivity index (χ0v) is 11.3. The molecular weight excluding hydrogens is 254 g/mol. The molecule has 1 aliphatic heterocycles. The van der Waals surface area contributed by atoms with Gasteiger partial charge in [-0.05, 0) is 37.3 Å². The number of hydrogen-bond acceptors (Lipinski definition) is 3. The van der Waals surface area contributed by atoms with Gasteiger partial charge in [0.25, 0.3) is 5.91 Å². The van der Waals surface area contributed by atoms with Crippen molar-refractivity contribution in [2.24, 2.45) is 5.92 Å². The van der Waals surface area contributed by atoms with E-state index in [0.717, 1.165) is 25.7 Å². The maximum Gasteiger partial charge on any atom is 0.254 e. The van der Waals surface area contributed by atoms with Gasteiger partial charge in [-0.1, -0.05) is 31.0 Å². The minimum atomic E-state index is -1.12. The van der Waals surface area contributed by atoms with E-state index >= 15 is 0 Å². The van der Waals surface area contributed by atoms with E-state index in [4.69, 9.17) is 0 Å². The van der Waals surface area contributed by atoms with Crippen molar-refractivity contribution in [2.45, 2.75) is 44.2 Å². The van der Waals surface area contributed by atoms with E-state index in [1.165, 1.54) is 0 Å². The first-order valence-corrected chi connectivity index (χ1v) is 7.27. The summed E-state index contributed by atoms with van der Waals surface area (Å²) in [6.07, 6.45) is 4.68. The highest BCUT2D eigenvalue weighted by atomic mass is 16.4. The van der Waals surface area contributed by atoms with Crippen LogP contribution in [0.1, 0.15) is 42.5 Å². The molecule has 0 spiro atoms. The molecule has 20 heavy (non-hydrogen) atoms. The standard InChI is InChI=1S/C16H19NO3/c18-15(11-6-2-1-3-7-11)17-13-9-5-4-8-12(13)10-14(17)16(19)20/h1-3,6-7,12-14H,4-5,8-10H2,(H,19,20)/p-1/t12-,13-,14-/m1/s1. The molecule has 0 aromatic heterocycles. The first kappa shape index (κ1) is 13.2. The van der Waals surface area contributed by atoms with Crippen LogP contribution in [0.4, 0.5) is 0 Å². The third-order valence-corrected chi connectivity index (χ3v) is 4.62. The molecule has 3 rings (SSSR count). The van der Waals surface area contributed by atoms with Gasteiger partial charge in [0.2, 0.25) is 0 Å². The Morgan fingerprint density at radius 2 is 1.80 bits per heavy atom. The summed E-state index contributed by atoms with van der Waals surface area (Å²) in [4.78, 5) is 25.6. The fourth-order valence-corrected chi connectivity index (χ4v) is 3.69. The molecule has 0 radical (unpaired) electrons. The van der Waals surface area contributed by atoms with Crippen LogP contribution in [-0.4, -0.2) is 28.9 Å². The number of carboxylic acids is 1. The largest absolute Gasteiger partial charge is 0.548 e. The van der Waals surface area contributed by atoms with Gasteiger partial charge < -0.3 is 14.8 Å². The zero-order chi connectivity index (χ0) is 14.1. The third-order valence-electron chi connectivity index (χ3n) is 4.62.